The highest BCUT2D eigenvalue weighted by Gasteiger charge is 2.22. The van der Waals surface area contributed by atoms with Gasteiger partial charge in [-0.3, -0.25) is 0 Å². The zero-order chi connectivity index (χ0) is 15.7. The van der Waals surface area contributed by atoms with Crippen molar-refractivity contribution in [3.8, 4) is 0 Å². The summed E-state index contributed by atoms with van der Waals surface area (Å²) in [5, 5.41) is 2.51. The number of alkyl carbamates (subject to hydrolysis) is 1. The molecule has 5 nitrogen and oxygen atoms in total. The first-order valence-corrected chi connectivity index (χ1v) is 6.81. The molecular formula is C16H21NO4. The second kappa shape index (κ2) is 8.79. The third-order valence-electron chi connectivity index (χ3n) is 2.63. The predicted molar refractivity (Wildman–Crippen MR) is 79.6 cm³/mol. The molecule has 0 spiro atoms. The quantitative estimate of drug-likeness (QED) is 0.619. The Bertz CT molecular complexity index is 484. The van der Waals surface area contributed by atoms with Crippen LogP contribution in [0.4, 0.5) is 4.79 Å². The minimum atomic E-state index is -0.772. The minimum absolute atomic E-state index is 0.148. The molecule has 0 unspecified atom stereocenters. The number of amides is 1. The molecule has 21 heavy (non-hydrogen) atoms. The first kappa shape index (κ1) is 16.8. The van der Waals surface area contributed by atoms with Crippen molar-refractivity contribution < 1.29 is 19.1 Å². The van der Waals surface area contributed by atoms with Gasteiger partial charge in [-0.15, -0.1) is 6.58 Å². The van der Waals surface area contributed by atoms with Gasteiger partial charge in [0.05, 0.1) is 6.61 Å². The van der Waals surface area contributed by atoms with E-state index in [2.05, 4.69) is 11.9 Å². The van der Waals surface area contributed by atoms with Gasteiger partial charge in [0.15, 0.2) is 0 Å². The Morgan fingerprint density at radius 1 is 1.24 bits per heavy atom. The fourth-order valence-electron chi connectivity index (χ4n) is 1.69. The first-order chi connectivity index (χ1) is 10.0. The zero-order valence-electron chi connectivity index (χ0n) is 12.4. The van der Waals surface area contributed by atoms with E-state index in [-0.39, 0.29) is 13.2 Å². The average Bonchev–Trinajstić information content (AvgIpc) is 2.45. The van der Waals surface area contributed by atoms with Crippen LogP contribution < -0.4 is 5.32 Å². The Labute approximate surface area is 124 Å². The Hall–Kier alpha value is -2.30. The van der Waals surface area contributed by atoms with Gasteiger partial charge in [0.2, 0.25) is 0 Å². The summed E-state index contributed by atoms with van der Waals surface area (Å²) in [4.78, 5) is 23.5. The number of esters is 1. The highest BCUT2D eigenvalue weighted by molar-refractivity contribution is 5.81. The topological polar surface area (TPSA) is 64.6 Å². The third kappa shape index (κ3) is 6.61. The molecule has 0 bridgehead atoms. The van der Waals surface area contributed by atoms with E-state index in [4.69, 9.17) is 9.47 Å². The van der Waals surface area contributed by atoms with Crippen LogP contribution in [0, 0.1) is 0 Å². The fraction of sp³-hybridized carbons (Fsp3) is 0.375. The number of nitrogens with one attached hydrogen (secondary N) is 1. The van der Waals surface area contributed by atoms with Crippen LogP contribution in [0.1, 0.15) is 25.8 Å². The number of carbonyl (C=O) groups excluding carboxylic acids is 2. The molecule has 1 N–H and O–H groups in total. The molecule has 0 fully saturated rings. The second-order valence-electron chi connectivity index (χ2n) is 4.67. The molecule has 0 radical (unpaired) electrons. The zero-order valence-corrected chi connectivity index (χ0v) is 12.4. The van der Waals surface area contributed by atoms with Crippen LogP contribution in [-0.2, 0) is 20.9 Å². The lowest BCUT2D eigenvalue weighted by Gasteiger charge is -2.17. The number of ether oxygens (including phenoxy) is 2. The summed E-state index contributed by atoms with van der Waals surface area (Å²) in [6.45, 7) is 7.64. The summed E-state index contributed by atoms with van der Waals surface area (Å²) >= 11 is 0. The summed E-state index contributed by atoms with van der Waals surface area (Å²) in [5.41, 5.74) is 1.65. The maximum Gasteiger partial charge on any atom is 0.408 e. The van der Waals surface area contributed by atoms with Crippen molar-refractivity contribution in [3.05, 3.63) is 48.0 Å². The number of rotatable bonds is 7. The molecule has 1 rings (SSSR count). The molecule has 0 saturated heterocycles. The van der Waals surface area contributed by atoms with Crippen molar-refractivity contribution >= 4 is 12.1 Å². The molecule has 5 heteroatoms. The molecule has 0 aliphatic heterocycles. The van der Waals surface area contributed by atoms with E-state index in [1.807, 2.05) is 30.3 Å². The van der Waals surface area contributed by atoms with Crippen LogP contribution in [0.5, 0.6) is 0 Å². The summed E-state index contributed by atoms with van der Waals surface area (Å²) in [5.74, 6) is -0.489. The molecule has 0 aromatic heterocycles. The summed E-state index contributed by atoms with van der Waals surface area (Å²) in [6, 6.07) is 8.53. The SMILES string of the molecule is C=C(C)C[C@H](NC(=O)OCc1ccccc1)C(=O)OCC. The van der Waals surface area contributed by atoms with Crippen molar-refractivity contribution in [1.29, 1.82) is 0 Å². The van der Waals surface area contributed by atoms with Gasteiger partial charge in [-0.1, -0.05) is 35.9 Å². The number of hydrogen-bond acceptors (Lipinski definition) is 4. The van der Waals surface area contributed by atoms with Crippen molar-refractivity contribution in [2.24, 2.45) is 0 Å². The second-order valence-corrected chi connectivity index (χ2v) is 4.67. The van der Waals surface area contributed by atoms with E-state index < -0.39 is 18.1 Å². The molecule has 1 atom stereocenters. The molecule has 1 aromatic rings. The maximum atomic E-state index is 11.8. The van der Waals surface area contributed by atoms with Gasteiger partial charge < -0.3 is 14.8 Å². The van der Waals surface area contributed by atoms with Gasteiger partial charge in [-0.05, 0) is 25.8 Å². The molecule has 0 saturated carbocycles. The number of benzene rings is 1. The minimum Gasteiger partial charge on any atom is -0.464 e. The third-order valence-corrected chi connectivity index (χ3v) is 2.63. The van der Waals surface area contributed by atoms with Crippen LogP contribution in [0.25, 0.3) is 0 Å². The van der Waals surface area contributed by atoms with Crippen LogP contribution in [0.15, 0.2) is 42.5 Å². The average molecular weight is 291 g/mol. The van der Waals surface area contributed by atoms with E-state index in [1.165, 1.54) is 0 Å². The van der Waals surface area contributed by atoms with Crippen LogP contribution in [0.3, 0.4) is 0 Å². The highest BCUT2D eigenvalue weighted by Crippen LogP contribution is 2.06. The number of hydrogen-bond donors (Lipinski definition) is 1. The van der Waals surface area contributed by atoms with Gasteiger partial charge in [0.25, 0.3) is 0 Å². The normalized spacial score (nSPS) is 11.3. The Morgan fingerprint density at radius 3 is 2.48 bits per heavy atom. The lowest BCUT2D eigenvalue weighted by Crippen LogP contribution is -2.42. The van der Waals surface area contributed by atoms with Gasteiger partial charge in [0, 0.05) is 0 Å². The van der Waals surface area contributed by atoms with Gasteiger partial charge in [-0.2, -0.15) is 0 Å². The van der Waals surface area contributed by atoms with Crippen LogP contribution in [-0.4, -0.2) is 24.7 Å². The molecular weight excluding hydrogens is 270 g/mol. The van der Waals surface area contributed by atoms with Crippen LogP contribution in [0.2, 0.25) is 0 Å². The van der Waals surface area contributed by atoms with Crippen molar-refractivity contribution in [2.75, 3.05) is 6.61 Å². The summed E-state index contributed by atoms with van der Waals surface area (Å²) in [7, 11) is 0. The van der Waals surface area contributed by atoms with E-state index in [0.29, 0.717) is 6.42 Å². The molecule has 0 heterocycles. The first-order valence-electron chi connectivity index (χ1n) is 6.81. The lowest BCUT2D eigenvalue weighted by atomic mass is 10.1. The Balaban J connectivity index is 2.51. The van der Waals surface area contributed by atoms with E-state index in [9.17, 15) is 9.59 Å². The van der Waals surface area contributed by atoms with E-state index in [1.54, 1.807) is 13.8 Å². The van der Waals surface area contributed by atoms with Crippen molar-refractivity contribution in [2.45, 2.75) is 32.9 Å². The predicted octanol–water partition coefficient (Wildman–Crippen LogP) is 2.81. The monoisotopic (exact) mass is 291 g/mol. The Kier molecular flexibility index (Phi) is 7.01. The highest BCUT2D eigenvalue weighted by atomic mass is 16.6. The fourth-order valence-corrected chi connectivity index (χ4v) is 1.69. The van der Waals surface area contributed by atoms with Crippen molar-refractivity contribution in [3.63, 3.8) is 0 Å². The largest absolute Gasteiger partial charge is 0.464 e. The van der Waals surface area contributed by atoms with E-state index >= 15 is 0 Å². The molecule has 114 valence electrons. The standard InChI is InChI=1S/C16H21NO4/c1-4-20-15(18)14(10-12(2)3)17-16(19)21-11-13-8-6-5-7-9-13/h5-9,14H,2,4,10-11H2,1,3H3,(H,17,19)/t14-/m0/s1. The summed E-state index contributed by atoms with van der Waals surface area (Å²) in [6.07, 6.45) is -0.336. The maximum absolute atomic E-state index is 11.8. The molecule has 1 amide bonds. The molecule has 0 aliphatic rings. The summed E-state index contributed by atoms with van der Waals surface area (Å²) < 4.78 is 10.00. The van der Waals surface area contributed by atoms with Gasteiger partial charge in [-0.25, -0.2) is 9.59 Å². The smallest absolute Gasteiger partial charge is 0.408 e. The van der Waals surface area contributed by atoms with Gasteiger partial charge >= 0.3 is 12.1 Å². The molecule has 0 aliphatic carbocycles. The Morgan fingerprint density at radius 2 is 1.90 bits per heavy atom. The lowest BCUT2D eigenvalue weighted by molar-refractivity contribution is -0.145. The number of carbonyl (C=O) groups is 2. The van der Waals surface area contributed by atoms with Crippen LogP contribution >= 0.6 is 0 Å². The van der Waals surface area contributed by atoms with E-state index in [0.717, 1.165) is 11.1 Å². The molecule has 1 aromatic carbocycles. The van der Waals surface area contributed by atoms with Gasteiger partial charge in [0.1, 0.15) is 12.6 Å². The van der Waals surface area contributed by atoms with Crippen molar-refractivity contribution in [1.82, 2.24) is 5.32 Å².